The first kappa shape index (κ1) is 13.4. The van der Waals surface area contributed by atoms with Crippen LogP contribution in [-0.2, 0) is 9.53 Å². The molecule has 2 rings (SSSR count). The van der Waals surface area contributed by atoms with Gasteiger partial charge in [-0.05, 0) is 25.0 Å². The number of amides is 1. The molecule has 1 aliphatic rings. The van der Waals surface area contributed by atoms with Gasteiger partial charge in [-0.15, -0.1) is 0 Å². The smallest absolute Gasteiger partial charge is 0.245 e. The van der Waals surface area contributed by atoms with Crippen molar-refractivity contribution in [2.75, 3.05) is 18.5 Å². The summed E-state index contributed by atoms with van der Waals surface area (Å²) in [7, 11) is 0. The molecular formula is C13H12F2N2O2. The third-order valence-electron chi connectivity index (χ3n) is 3.20. The van der Waals surface area contributed by atoms with Crippen molar-refractivity contribution in [2.24, 2.45) is 5.41 Å². The van der Waals surface area contributed by atoms with Crippen molar-refractivity contribution in [3.63, 3.8) is 0 Å². The summed E-state index contributed by atoms with van der Waals surface area (Å²) < 4.78 is 32.0. The second-order valence-corrected chi connectivity index (χ2v) is 4.36. The minimum atomic E-state index is -1.28. The summed E-state index contributed by atoms with van der Waals surface area (Å²) in [4.78, 5) is 12.1. The van der Waals surface area contributed by atoms with Gasteiger partial charge in [0.15, 0.2) is 0 Å². The number of halogens is 2. The molecule has 0 atom stereocenters. The molecular weight excluding hydrogens is 254 g/mol. The van der Waals surface area contributed by atoms with Gasteiger partial charge in [-0.1, -0.05) is 6.07 Å². The van der Waals surface area contributed by atoms with E-state index in [0.717, 1.165) is 12.1 Å². The van der Waals surface area contributed by atoms with Crippen molar-refractivity contribution in [1.82, 2.24) is 0 Å². The first-order valence-corrected chi connectivity index (χ1v) is 5.83. The lowest BCUT2D eigenvalue weighted by Gasteiger charge is -2.29. The Balaban J connectivity index is 2.23. The summed E-state index contributed by atoms with van der Waals surface area (Å²) in [6, 6.07) is 5.23. The Morgan fingerprint density at radius 3 is 2.42 bits per heavy atom. The van der Waals surface area contributed by atoms with E-state index in [0.29, 0.717) is 0 Å². The highest BCUT2D eigenvalue weighted by Gasteiger charge is 2.41. The molecule has 1 aromatic carbocycles. The molecule has 100 valence electrons. The Kier molecular flexibility index (Phi) is 3.76. The van der Waals surface area contributed by atoms with Gasteiger partial charge in [0.25, 0.3) is 0 Å². The second kappa shape index (κ2) is 5.33. The van der Waals surface area contributed by atoms with Crippen LogP contribution in [0.25, 0.3) is 0 Å². The van der Waals surface area contributed by atoms with Crippen LogP contribution in [0, 0.1) is 28.4 Å². The highest BCUT2D eigenvalue weighted by molar-refractivity contribution is 5.97. The number of para-hydroxylation sites is 1. The van der Waals surface area contributed by atoms with Crippen LogP contribution in [0.5, 0.6) is 0 Å². The van der Waals surface area contributed by atoms with Crippen LogP contribution >= 0.6 is 0 Å². The first-order valence-electron chi connectivity index (χ1n) is 5.83. The number of hydrogen-bond donors (Lipinski definition) is 1. The van der Waals surface area contributed by atoms with Crippen molar-refractivity contribution >= 4 is 11.6 Å². The van der Waals surface area contributed by atoms with Crippen molar-refractivity contribution in [2.45, 2.75) is 12.8 Å². The maximum absolute atomic E-state index is 13.4. The minimum Gasteiger partial charge on any atom is -0.381 e. The van der Waals surface area contributed by atoms with Crippen molar-refractivity contribution < 1.29 is 18.3 Å². The number of carbonyl (C=O) groups is 1. The normalized spacial score (nSPS) is 17.5. The predicted octanol–water partition coefficient (Wildman–Crippen LogP) is 2.22. The zero-order valence-corrected chi connectivity index (χ0v) is 10.1. The number of anilines is 1. The second-order valence-electron chi connectivity index (χ2n) is 4.36. The molecule has 19 heavy (non-hydrogen) atoms. The monoisotopic (exact) mass is 266 g/mol. The van der Waals surface area contributed by atoms with Gasteiger partial charge in [-0.25, -0.2) is 8.78 Å². The molecule has 1 N–H and O–H groups in total. The molecule has 6 heteroatoms. The quantitative estimate of drug-likeness (QED) is 0.892. The van der Waals surface area contributed by atoms with Gasteiger partial charge in [0, 0.05) is 13.2 Å². The molecule has 1 heterocycles. The number of ether oxygens (including phenoxy) is 1. The van der Waals surface area contributed by atoms with Crippen LogP contribution in [0.15, 0.2) is 18.2 Å². The SMILES string of the molecule is N#CC1(C(=O)Nc2c(F)cccc2F)CCOCC1. The van der Waals surface area contributed by atoms with E-state index in [1.807, 2.05) is 6.07 Å². The maximum atomic E-state index is 13.4. The lowest BCUT2D eigenvalue weighted by Crippen LogP contribution is -2.40. The third-order valence-corrected chi connectivity index (χ3v) is 3.20. The summed E-state index contributed by atoms with van der Waals surface area (Å²) in [6.07, 6.45) is 0.427. The van der Waals surface area contributed by atoms with E-state index in [1.165, 1.54) is 6.07 Å². The standard InChI is InChI=1S/C13H12F2N2O2/c14-9-2-1-3-10(15)11(9)17-12(18)13(8-16)4-6-19-7-5-13/h1-3H,4-7H2,(H,17,18). The summed E-state index contributed by atoms with van der Waals surface area (Å²) >= 11 is 0. The zero-order valence-electron chi connectivity index (χ0n) is 10.1. The minimum absolute atomic E-state index is 0.214. The van der Waals surface area contributed by atoms with E-state index in [9.17, 15) is 18.8 Å². The molecule has 0 spiro atoms. The Hall–Kier alpha value is -2.00. The summed E-state index contributed by atoms with van der Waals surface area (Å²) in [5, 5.41) is 11.3. The first-order chi connectivity index (χ1) is 9.09. The van der Waals surface area contributed by atoms with Crippen LogP contribution in [-0.4, -0.2) is 19.1 Å². The predicted molar refractivity (Wildman–Crippen MR) is 63.1 cm³/mol. The summed E-state index contributed by atoms with van der Waals surface area (Å²) in [5.74, 6) is -2.43. The number of nitrogens with zero attached hydrogens (tertiary/aromatic N) is 1. The number of carbonyl (C=O) groups excluding carboxylic acids is 1. The Morgan fingerprint density at radius 1 is 1.32 bits per heavy atom. The zero-order chi connectivity index (χ0) is 13.9. The van der Waals surface area contributed by atoms with E-state index in [-0.39, 0.29) is 26.1 Å². The maximum Gasteiger partial charge on any atom is 0.245 e. The van der Waals surface area contributed by atoms with Crippen LogP contribution in [0.3, 0.4) is 0 Å². The van der Waals surface area contributed by atoms with Gasteiger partial charge in [-0.3, -0.25) is 4.79 Å². The molecule has 1 saturated heterocycles. The fraction of sp³-hybridized carbons (Fsp3) is 0.385. The Labute approximate surface area is 109 Å². The van der Waals surface area contributed by atoms with Crippen molar-refractivity contribution in [3.05, 3.63) is 29.8 Å². The Bertz CT molecular complexity index is 514. The topological polar surface area (TPSA) is 62.1 Å². The van der Waals surface area contributed by atoms with Crippen molar-refractivity contribution in [1.29, 1.82) is 5.26 Å². The van der Waals surface area contributed by atoms with E-state index < -0.39 is 28.6 Å². The Morgan fingerprint density at radius 2 is 1.89 bits per heavy atom. The number of nitriles is 1. The average Bonchev–Trinajstić information content (AvgIpc) is 2.43. The molecule has 0 radical (unpaired) electrons. The van der Waals surface area contributed by atoms with Crippen LogP contribution in [0.4, 0.5) is 14.5 Å². The van der Waals surface area contributed by atoms with E-state index in [2.05, 4.69) is 5.32 Å². The van der Waals surface area contributed by atoms with Gasteiger partial charge in [0.1, 0.15) is 22.7 Å². The number of nitrogens with one attached hydrogen (secondary N) is 1. The van der Waals surface area contributed by atoms with E-state index >= 15 is 0 Å². The molecule has 1 amide bonds. The summed E-state index contributed by atoms with van der Waals surface area (Å²) in [5.41, 5.74) is -1.80. The lowest BCUT2D eigenvalue weighted by molar-refractivity contribution is -0.126. The van der Waals surface area contributed by atoms with Gasteiger partial charge < -0.3 is 10.1 Å². The lowest BCUT2D eigenvalue weighted by atomic mass is 9.81. The molecule has 0 saturated carbocycles. The third kappa shape index (κ3) is 2.56. The number of rotatable bonds is 2. The van der Waals surface area contributed by atoms with Crippen LogP contribution in [0.2, 0.25) is 0 Å². The van der Waals surface area contributed by atoms with Gasteiger partial charge in [0.05, 0.1) is 6.07 Å². The molecule has 0 unspecified atom stereocenters. The van der Waals surface area contributed by atoms with Crippen LogP contribution in [0.1, 0.15) is 12.8 Å². The van der Waals surface area contributed by atoms with E-state index in [1.54, 1.807) is 0 Å². The van der Waals surface area contributed by atoms with E-state index in [4.69, 9.17) is 4.74 Å². The fourth-order valence-corrected chi connectivity index (χ4v) is 1.96. The molecule has 1 fully saturated rings. The average molecular weight is 266 g/mol. The van der Waals surface area contributed by atoms with Crippen molar-refractivity contribution in [3.8, 4) is 6.07 Å². The molecule has 1 aromatic rings. The largest absolute Gasteiger partial charge is 0.381 e. The molecule has 0 aromatic heterocycles. The number of benzene rings is 1. The molecule has 0 bridgehead atoms. The molecule has 1 aliphatic heterocycles. The summed E-state index contributed by atoms with van der Waals surface area (Å²) in [6.45, 7) is 0.557. The fourth-order valence-electron chi connectivity index (χ4n) is 1.96. The highest BCUT2D eigenvalue weighted by atomic mass is 19.1. The number of hydrogen-bond acceptors (Lipinski definition) is 3. The van der Waals surface area contributed by atoms with Gasteiger partial charge in [0.2, 0.25) is 5.91 Å². The van der Waals surface area contributed by atoms with Gasteiger partial charge in [-0.2, -0.15) is 5.26 Å². The van der Waals surface area contributed by atoms with Crippen LogP contribution < -0.4 is 5.32 Å². The molecule has 0 aliphatic carbocycles. The molecule has 4 nitrogen and oxygen atoms in total. The van der Waals surface area contributed by atoms with Gasteiger partial charge >= 0.3 is 0 Å². The highest BCUT2D eigenvalue weighted by Crippen LogP contribution is 2.32.